The molecule has 0 aliphatic rings. The van der Waals surface area contributed by atoms with Crippen molar-refractivity contribution < 1.29 is 13.9 Å². The summed E-state index contributed by atoms with van der Waals surface area (Å²) in [6, 6.07) is 23.3. The van der Waals surface area contributed by atoms with E-state index in [9.17, 15) is 19.1 Å². The average molecular weight is 536 g/mol. The standard InChI is InChI=1S/C26H15BrFNO4S/c27-18-11-4-5-12-21(18)34-24-23(30)22-20(33-26(24)32)14-19(15-7-2-1-3-8-15)29(25(22)31)17-10-6-9-16(28)13-17/h1-14,30H. The summed E-state index contributed by atoms with van der Waals surface area (Å²) in [6.45, 7) is 0. The van der Waals surface area contributed by atoms with Gasteiger partial charge in [0.15, 0.2) is 5.75 Å². The average Bonchev–Trinajstić information content (AvgIpc) is 2.83. The van der Waals surface area contributed by atoms with Crippen LogP contribution in [0.4, 0.5) is 4.39 Å². The van der Waals surface area contributed by atoms with Crippen LogP contribution in [0, 0.1) is 5.82 Å². The Morgan fingerprint density at radius 1 is 0.912 bits per heavy atom. The maximum atomic E-state index is 14.1. The van der Waals surface area contributed by atoms with Crippen molar-refractivity contribution in [1.82, 2.24) is 4.57 Å². The summed E-state index contributed by atoms with van der Waals surface area (Å²) in [5, 5.41) is 10.9. The minimum atomic E-state index is -0.771. The van der Waals surface area contributed by atoms with Crippen LogP contribution in [0.5, 0.6) is 5.75 Å². The van der Waals surface area contributed by atoms with Gasteiger partial charge in [-0.2, -0.15) is 0 Å². The Morgan fingerprint density at radius 2 is 1.65 bits per heavy atom. The lowest BCUT2D eigenvalue weighted by molar-refractivity contribution is 0.446. The molecule has 5 aromatic rings. The van der Waals surface area contributed by atoms with Gasteiger partial charge in [0.1, 0.15) is 21.7 Å². The van der Waals surface area contributed by atoms with Crippen LogP contribution in [-0.2, 0) is 0 Å². The first-order valence-electron chi connectivity index (χ1n) is 10.1. The zero-order valence-electron chi connectivity index (χ0n) is 17.4. The van der Waals surface area contributed by atoms with Crippen LogP contribution in [0.2, 0.25) is 0 Å². The van der Waals surface area contributed by atoms with E-state index < -0.39 is 22.8 Å². The van der Waals surface area contributed by atoms with Crippen molar-refractivity contribution >= 4 is 38.7 Å². The highest BCUT2D eigenvalue weighted by molar-refractivity contribution is 9.10. The molecule has 0 amide bonds. The van der Waals surface area contributed by atoms with Gasteiger partial charge in [0.2, 0.25) is 0 Å². The maximum Gasteiger partial charge on any atom is 0.354 e. The monoisotopic (exact) mass is 535 g/mol. The summed E-state index contributed by atoms with van der Waals surface area (Å²) >= 11 is 4.40. The first-order valence-corrected chi connectivity index (χ1v) is 11.7. The Bertz CT molecular complexity index is 1660. The lowest BCUT2D eigenvalue weighted by atomic mass is 10.1. The molecule has 168 valence electrons. The molecular formula is C26H15BrFNO4S. The molecule has 5 nitrogen and oxygen atoms in total. The highest BCUT2D eigenvalue weighted by Crippen LogP contribution is 2.39. The predicted molar refractivity (Wildman–Crippen MR) is 133 cm³/mol. The van der Waals surface area contributed by atoms with E-state index in [1.807, 2.05) is 12.1 Å². The Morgan fingerprint density at radius 3 is 2.38 bits per heavy atom. The van der Waals surface area contributed by atoms with Crippen molar-refractivity contribution in [2.45, 2.75) is 9.79 Å². The Labute approximate surface area is 205 Å². The van der Waals surface area contributed by atoms with Crippen molar-refractivity contribution in [3.63, 3.8) is 0 Å². The third kappa shape index (κ3) is 3.95. The normalized spacial score (nSPS) is 11.1. The molecule has 5 rings (SSSR count). The number of aromatic nitrogens is 1. The predicted octanol–water partition coefficient (Wildman–Crippen LogP) is 6.37. The molecule has 1 N–H and O–H groups in total. The fraction of sp³-hybridized carbons (Fsp3) is 0. The molecule has 0 spiro atoms. The van der Waals surface area contributed by atoms with Gasteiger partial charge in [-0.1, -0.05) is 60.3 Å². The fourth-order valence-corrected chi connectivity index (χ4v) is 5.05. The lowest BCUT2D eigenvalue weighted by Gasteiger charge is -2.15. The van der Waals surface area contributed by atoms with Crippen LogP contribution in [0.3, 0.4) is 0 Å². The number of halogens is 2. The quantitative estimate of drug-likeness (QED) is 0.289. The Kier molecular flexibility index (Phi) is 5.85. The number of pyridine rings is 1. The Balaban J connectivity index is 1.83. The summed E-state index contributed by atoms with van der Waals surface area (Å²) in [5.74, 6) is -1.00. The third-order valence-corrected chi connectivity index (χ3v) is 7.29. The van der Waals surface area contributed by atoms with Gasteiger partial charge in [-0.15, -0.1) is 0 Å². The molecule has 0 atom stereocenters. The minimum absolute atomic E-state index is 0.0597. The number of aromatic hydroxyl groups is 1. The number of nitrogens with zero attached hydrogens (tertiary/aromatic N) is 1. The van der Waals surface area contributed by atoms with E-state index in [0.29, 0.717) is 16.2 Å². The number of rotatable bonds is 4. The zero-order chi connectivity index (χ0) is 23.8. The summed E-state index contributed by atoms with van der Waals surface area (Å²) in [4.78, 5) is 27.1. The highest BCUT2D eigenvalue weighted by atomic mass is 79.9. The molecule has 8 heteroatoms. The highest BCUT2D eigenvalue weighted by Gasteiger charge is 2.22. The van der Waals surface area contributed by atoms with Crippen LogP contribution in [0.1, 0.15) is 0 Å². The van der Waals surface area contributed by atoms with E-state index in [1.165, 1.54) is 28.8 Å². The molecule has 0 radical (unpaired) electrons. The van der Waals surface area contributed by atoms with Gasteiger partial charge in [-0.3, -0.25) is 9.36 Å². The second-order valence-corrected chi connectivity index (χ2v) is 9.26. The van der Waals surface area contributed by atoms with Crippen LogP contribution in [0.25, 0.3) is 27.9 Å². The van der Waals surface area contributed by atoms with E-state index in [2.05, 4.69) is 15.9 Å². The number of fused-ring (bicyclic) bond motifs is 1. The van der Waals surface area contributed by atoms with Crippen LogP contribution in [0.15, 0.2) is 113 Å². The molecule has 0 bridgehead atoms. The van der Waals surface area contributed by atoms with Crippen LogP contribution in [-0.4, -0.2) is 9.67 Å². The summed E-state index contributed by atoms with van der Waals surface area (Å²) in [6.07, 6.45) is 0. The first-order chi connectivity index (χ1) is 16.4. The van der Waals surface area contributed by atoms with Gasteiger partial charge in [0.25, 0.3) is 5.56 Å². The molecule has 0 aliphatic heterocycles. The van der Waals surface area contributed by atoms with Gasteiger partial charge in [-0.05, 0) is 51.8 Å². The SMILES string of the molecule is O=c1oc2cc(-c3ccccc3)n(-c3cccc(F)c3)c(=O)c2c(O)c1Sc1ccccc1Br. The summed E-state index contributed by atoms with van der Waals surface area (Å²) in [7, 11) is 0. The second kappa shape index (κ2) is 8.96. The van der Waals surface area contributed by atoms with Crippen molar-refractivity contribution in [2.24, 2.45) is 0 Å². The zero-order valence-corrected chi connectivity index (χ0v) is 19.8. The van der Waals surface area contributed by atoms with Gasteiger partial charge < -0.3 is 9.52 Å². The van der Waals surface area contributed by atoms with E-state index in [4.69, 9.17) is 4.42 Å². The van der Waals surface area contributed by atoms with E-state index in [0.717, 1.165) is 16.2 Å². The van der Waals surface area contributed by atoms with Crippen LogP contribution < -0.4 is 11.2 Å². The lowest BCUT2D eigenvalue weighted by Crippen LogP contribution is -2.22. The molecule has 34 heavy (non-hydrogen) atoms. The molecule has 3 aromatic carbocycles. The molecule has 0 fully saturated rings. The molecule has 2 aromatic heterocycles. The Hall–Kier alpha value is -3.62. The summed E-state index contributed by atoms with van der Waals surface area (Å²) < 4.78 is 21.6. The van der Waals surface area contributed by atoms with Crippen molar-refractivity contribution in [1.29, 1.82) is 0 Å². The number of benzene rings is 3. The van der Waals surface area contributed by atoms with Gasteiger partial charge in [0, 0.05) is 15.4 Å². The van der Waals surface area contributed by atoms with Crippen molar-refractivity contribution in [3.8, 4) is 22.7 Å². The molecule has 2 heterocycles. The number of hydrogen-bond donors (Lipinski definition) is 1. The van der Waals surface area contributed by atoms with Gasteiger partial charge in [0.05, 0.1) is 11.4 Å². The second-order valence-electron chi connectivity index (χ2n) is 7.36. The third-order valence-electron chi connectivity index (χ3n) is 5.20. The largest absolute Gasteiger partial charge is 0.505 e. The fourth-order valence-electron chi connectivity index (χ4n) is 3.66. The number of hydrogen-bond acceptors (Lipinski definition) is 5. The van der Waals surface area contributed by atoms with E-state index in [-0.39, 0.29) is 21.6 Å². The molecule has 0 unspecified atom stereocenters. The van der Waals surface area contributed by atoms with Gasteiger partial charge in [-0.25, -0.2) is 9.18 Å². The maximum absolute atomic E-state index is 14.1. The van der Waals surface area contributed by atoms with Gasteiger partial charge >= 0.3 is 5.63 Å². The molecule has 0 saturated carbocycles. The molecule has 0 aliphatic carbocycles. The molecule has 0 saturated heterocycles. The minimum Gasteiger partial charge on any atom is -0.505 e. The first kappa shape index (κ1) is 22.2. The smallest absolute Gasteiger partial charge is 0.354 e. The van der Waals surface area contributed by atoms with Crippen molar-refractivity contribution in [2.75, 3.05) is 0 Å². The van der Waals surface area contributed by atoms with Crippen LogP contribution >= 0.6 is 27.7 Å². The van der Waals surface area contributed by atoms with E-state index >= 15 is 0 Å². The molecular weight excluding hydrogens is 521 g/mol. The topological polar surface area (TPSA) is 72.4 Å². The van der Waals surface area contributed by atoms with E-state index in [1.54, 1.807) is 48.5 Å². The van der Waals surface area contributed by atoms with Crippen molar-refractivity contribution in [3.05, 3.63) is 116 Å². The summed E-state index contributed by atoms with van der Waals surface area (Å²) in [5.41, 5.74) is -0.159.